The Morgan fingerprint density at radius 3 is 2.22 bits per heavy atom. The molecule has 0 radical (unpaired) electrons. The number of benzene rings is 2. The quantitative estimate of drug-likeness (QED) is 0.536. The predicted octanol–water partition coefficient (Wildman–Crippen LogP) is 3.09. The maximum atomic E-state index is 13.0. The van der Waals surface area contributed by atoms with Crippen molar-refractivity contribution < 1.29 is 18.0 Å². The lowest BCUT2D eigenvalue weighted by Crippen LogP contribution is -2.48. The molecule has 1 atom stereocenters. The Hall–Kier alpha value is -2.58. The van der Waals surface area contributed by atoms with E-state index in [1.54, 1.807) is 36.1 Å². The van der Waals surface area contributed by atoms with Gasteiger partial charge in [-0.2, -0.15) is 0 Å². The highest BCUT2D eigenvalue weighted by Crippen LogP contribution is 2.21. The van der Waals surface area contributed by atoms with Crippen LogP contribution < -0.4 is 9.62 Å². The minimum absolute atomic E-state index is 0.121. The van der Waals surface area contributed by atoms with Crippen molar-refractivity contribution in [1.82, 2.24) is 10.2 Å². The third-order valence-corrected chi connectivity index (χ3v) is 6.61. The van der Waals surface area contributed by atoms with Gasteiger partial charge in [-0.1, -0.05) is 41.9 Å². The van der Waals surface area contributed by atoms with E-state index in [2.05, 4.69) is 5.32 Å². The number of carbonyl (C=O) groups is 2. The van der Waals surface area contributed by atoms with Gasteiger partial charge in [-0.05, 0) is 49.6 Å². The summed E-state index contributed by atoms with van der Waals surface area (Å²) in [5.41, 5.74) is 1.56. The summed E-state index contributed by atoms with van der Waals surface area (Å²) in [5.74, 6) is -0.438. The molecule has 174 valence electrons. The smallest absolute Gasteiger partial charge is 0.242 e. The highest BCUT2D eigenvalue weighted by molar-refractivity contribution is 7.92. The van der Waals surface area contributed by atoms with Crippen LogP contribution in [0.5, 0.6) is 0 Å². The van der Waals surface area contributed by atoms with Gasteiger partial charge in [0.1, 0.15) is 6.04 Å². The molecule has 0 fully saturated rings. The molecule has 0 spiro atoms. The zero-order valence-electron chi connectivity index (χ0n) is 18.6. The molecule has 0 aliphatic carbocycles. The third kappa shape index (κ3) is 7.53. The van der Waals surface area contributed by atoms with Crippen molar-refractivity contribution in [3.05, 3.63) is 65.2 Å². The Bertz CT molecular complexity index is 998. The van der Waals surface area contributed by atoms with Crippen molar-refractivity contribution in [3.8, 4) is 0 Å². The molecule has 1 N–H and O–H groups in total. The van der Waals surface area contributed by atoms with Crippen LogP contribution in [0.1, 0.15) is 25.3 Å². The fourth-order valence-electron chi connectivity index (χ4n) is 3.39. The van der Waals surface area contributed by atoms with Gasteiger partial charge in [-0.3, -0.25) is 13.9 Å². The zero-order chi connectivity index (χ0) is 23.7. The molecule has 0 aliphatic rings. The number of anilines is 1. The van der Waals surface area contributed by atoms with Gasteiger partial charge in [-0.25, -0.2) is 8.42 Å². The molecule has 7 nitrogen and oxygen atoms in total. The fourth-order valence-corrected chi connectivity index (χ4v) is 4.48. The van der Waals surface area contributed by atoms with Crippen LogP contribution in [0, 0.1) is 0 Å². The van der Waals surface area contributed by atoms with Gasteiger partial charge >= 0.3 is 0 Å². The van der Waals surface area contributed by atoms with E-state index in [9.17, 15) is 18.0 Å². The topological polar surface area (TPSA) is 86.8 Å². The summed E-state index contributed by atoms with van der Waals surface area (Å²) in [6.07, 6.45) is 2.18. The van der Waals surface area contributed by atoms with E-state index in [0.717, 1.165) is 11.8 Å². The van der Waals surface area contributed by atoms with Gasteiger partial charge in [-0.15, -0.1) is 0 Å². The molecule has 0 aliphatic heterocycles. The first kappa shape index (κ1) is 25.7. The number of hydrogen-bond acceptors (Lipinski definition) is 4. The summed E-state index contributed by atoms with van der Waals surface area (Å²) in [5, 5.41) is 3.10. The van der Waals surface area contributed by atoms with Gasteiger partial charge in [0.15, 0.2) is 0 Å². The van der Waals surface area contributed by atoms with Crippen molar-refractivity contribution in [1.29, 1.82) is 0 Å². The van der Waals surface area contributed by atoms with Crippen molar-refractivity contribution in [2.75, 3.05) is 30.7 Å². The van der Waals surface area contributed by atoms with Crippen LogP contribution >= 0.6 is 11.6 Å². The van der Waals surface area contributed by atoms with Crippen LogP contribution in [0.15, 0.2) is 54.6 Å². The summed E-state index contributed by atoms with van der Waals surface area (Å²) < 4.78 is 25.8. The van der Waals surface area contributed by atoms with Gasteiger partial charge in [0.25, 0.3) is 0 Å². The third-order valence-electron chi connectivity index (χ3n) is 5.16. The molecular weight excluding hydrogens is 450 g/mol. The van der Waals surface area contributed by atoms with E-state index in [1.807, 2.05) is 30.3 Å². The molecule has 0 saturated heterocycles. The van der Waals surface area contributed by atoms with Gasteiger partial charge in [0, 0.05) is 31.6 Å². The molecule has 2 amide bonds. The Morgan fingerprint density at radius 1 is 1.03 bits per heavy atom. The van der Waals surface area contributed by atoms with Crippen molar-refractivity contribution in [2.45, 2.75) is 32.2 Å². The zero-order valence-corrected chi connectivity index (χ0v) is 20.2. The number of carbonyl (C=O) groups excluding carboxylic acids is 2. The number of rotatable bonds is 11. The fraction of sp³-hybridized carbons (Fsp3) is 0.391. The lowest BCUT2D eigenvalue weighted by Gasteiger charge is -2.29. The Kier molecular flexibility index (Phi) is 9.53. The summed E-state index contributed by atoms with van der Waals surface area (Å²) in [6.45, 7) is 2.23. The molecule has 0 aromatic heterocycles. The summed E-state index contributed by atoms with van der Waals surface area (Å²) in [7, 11) is -1.99. The van der Waals surface area contributed by atoms with Crippen LogP contribution in [0.3, 0.4) is 0 Å². The molecule has 2 rings (SSSR count). The lowest BCUT2D eigenvalue weighted by molar-refractivity contribution is -0.139. The van der Waals surface area contributed by atoms with Crippen molar-refractivity contribution >= 4 is 39.1 Å². The first-order valence-corrected chi connectivity index (χ1v) is 12.6. The average Bonchev–Trinajstić information content (AvgIpc) is 2.77. The number of amides is 2. The molecule has 0 bridgehead atoms. The van der Waals surface area contributed by atoms with Gasteiger partial charge in [0.2, 0.25) is 21.8 Å². The Labute approximate surface area is 195 Å². The van der Waals surface area contributed by atoms with Crippen LogP contribution in [0.4, 0.5) is 5.69 Å². The van der Waals surface area contributed by atoms with Crippen LogP contribution in [0.25, 0.3) is 0 Å². The van der Waals surface area contributed by atoms with Crippen LogP contribution in [-0.2, 0) is 26.0 Å². The molecule has 2 aromatic carbocycles. The molecule has 2 aromatic rings. The normalized spacial score (nSPS) is 12.1. The van der Waals surface area contributed by atoms with Crippen molar-refractivity contribution in [3.63, 3.8) is 0 Å². The minimum atomic E-state index is -3.53. The Morgan fingerprint density at radius 2 is 1.66 bits per heavy atom. The molecule has 1 unspecified atom stereocenters. The second kappa shape index (κ2) is 11.9. The molecular formula is C23H30ClN3O4S. The molecule has 0 saturated carbocycles. The minimum Gasteiger partial charge on any atom is -0.357 e. The SMILES string of the molecule is CNC(=O)C(C)N(CCc1ccccc1)C(=O)CCCN(c1ccc(Cl)cc1)S(C)(=O)=O. The van der Waals surface area contributed by atoms with E-state index in [0.29, 0.717) is 30.1 Å². The van der Waals surface area contributed by atoms with Crippen LogP contribution in [-0.4, -0.2) is 57.6 Å². The maximum absolute atomic E-state index is 13.0. The summed E-state index contributed by atoms with van der Waals surface area (Å²) in [4.78, 5) is 26.7. The first-order chi connectivity index (χ1) is 15.1. The maximum Gasteiger partial charge on any atom is 0.242 e. The number of likely N-dealkylation sites (N-methyl/N-ethyl adjacent to an activating group) is 1. The number of halogens is 1. The standard InChI is InChI=1S/C23H30ClN3O4S/c1-18(23(29)25-2)26(17-15-19-8-5-4-6-9-19)22(28)10-7-16-27(32(3,30)31)21-13-11-20(24)12-14-21/h4-6,8-9,11-14,18H,7,10,15-17H2,1-3H3,(H,25,29). The monoisotopic (exact) mass is 479 g/mol. The summed E-state index contributed by atoms with van der Waals surface area (Å²) in [6, 6.07) is 15.6. The van der Waals surface area contributed by atoms with Gasteiger partial charge in [0.05, 0.1) is 11.9 Å². The average molecular weight is 480 g/mol. The number of hydrogen-bond donors (Lipinski definition) is 1. The number of nitrogens with one attached hydrogen (secondary N) is 1. The highest BCUT2D eigenvalue weighted by atomic mass is 35.5. The lowest BCUT2D eigenvalue weighted by atomic mass is 10.1. The molecule has 32 heavy (non-hydrogen) atoms. The second-order valence-corrected chi connectivity index (χ2v) is 9.87. The first-order valence-electron chi connectivity index (χ1n) is 10.4. The van der Waals surface area contributed by atoms with E-state index < -0.39 is 16.1 Å². The Balaban J connectivity index is 2.06. The molecule has 0 heterocycles. The number of sulfonamides is 1. The largest absolute Gasteiger partial charge is 0.357 e. The van der Waals surface area contributed by atoms with E-state index in [1.165, 1.54) is 11.4 Å². The van der Waals surface area contributed by atoms with E-state index in [4.69, 9.17) is 11.6 Å². The summed E-state index contributed by atoms with van der Waals surface area (Å²) >= 11 is 5.90. The molecule has 9 heteroatoms. The second-order valence-electron chi connectivity index (χ2n) is 7.53. The van der Waals surface area contributed by atoms with Crippen molar-refractivity contribution in [2.24, 2.45) is 0 Å². The van der Waals surface area contributed by atoms with Crippen LogP contribution in [0.2, 0.25) is 5.02 Å². The predicted molar refractivity (Wildman–Crippen MR) is 128 cm³/mol. The van der Waals surface area contributed by atoms with Gasteiger partial charge < -0.3 is 10.2 Å². The number of nitrogens with zero attached hydrogens (tertiary/aromatic N) is 2. The van der Waals surface area contributed by atoms with E-state index >= 15 is 0 Å². The highest BCUT2D eigenvalue weighted by Gasteiger charge is 2.25. The van der Waals surface area contributed by atoms with E-state index in [-0.39, 0.29) is 24.8 Å².